The smallest absolute Gasteiger partial charge is 0.270 e. The minimum atomic E-state index is -0.529. The van der Waals surface area contributed by atoms with Gasteiger partial charge in [0.2, 0.25) is 0 Å². The Bertz CT molecular complexity index is 814. The minimum absolute atomic E-state index is 0.0534. The molecule has 0 bridgehead atoms. The molecule has 22 heavy (non-hydrogen) atoms. The molecule has 0 unspecified atom stereocenters. The van der Waals surface area contributed by atoms with Crippen LogP contribution in [0.3, 0.4) is 0 Å². The molecule has 0 saturated carbocycles. The van der Waals surface area contributed by atoms with Gasteiger partial charge in [-0.25, -0.2) is 4.98 Å². The Morgan fingerprint density at radius 1 is 1.55 bits per heavy atom. The fraction of sp³-hybridized carbons (Fsp3) is 0.214. The molecule has 0 saturated heterocycles. The molecule has 0 spiro atoms. The number of benzene rings is 1. The predicted molar refractivity (Wildman–Crippen MR) is 84.6 cm³/mol. The zero-order valence-electron chi connectivity index (χ0n) is 11.8. The molecular formula is C14H12ClN3O3S. The van der Waals surface area contributed by atoms with Gasteiger partial charge in [-0.15, -0.1) is 0 Å². The van der Waals surface area contributed by atoms with Gasteiger partial charge in [-0.1, -0.05) is 23.4 Å². The van der Waals surface area contributed by atoms with E-state index in [2.05, 4.69) is 9.97 Å². The summed E-state index contributed by atoms with van der Waals surface area (Å²) in [6.45, 7) is 2.09. The number of phenols is 1. The van der Waals surface area contributed by atoms with Gasteiger partial charge in [0.25, 0.3) is 5.56 Å². The van der Waals surface area contributed by atoms with E-state index in [1.165, 1.54) is 23.9 Å². The molecule has 1 aromatic carbocycles. The van der Waals surface area contributed by atoms with Crippen LogP contribution in [0.2, 0.25) is 5.02 Å². The summed E-state index contributed by atoms with van der Waals surface area (Å²) in [7, 11) is 0. The largest absolute Gasteiger partial charge is 0.503 e. The van der Waals surface area contributed by atoms with Crippen LogP contribution in [0, 0.1) is 11.3 Å². The number of thioether (sulfide) groups is 1. The number of phenolic OH excluding ortho intramolecular Hbond substituents is 1. The Labute approximate surface area is 135 Å². The lowest BCUT2D eigenvalue weighted by Gasteiger charge is -2.11. The highest BCUT2D eigenvalue weighted by atomic mass is 35.5. The Morgan fingerprint density at radius 3 is 2.86 bits per heavy atom. The van der Waals surface area contributed by atoms with Crippen molar-refractivity contribution >= 4 is 23.4 Å². The Balaban J connectivity index is 2.74. The van der Waals surface area contributed by atoms with E-state index in [1.807, 2.05) is 6.07 Å². The van der Waals surface area contributed by atoms with E-state index in [0.717, 1.165) is 0 Å². The van der Waals surface area contributed by atoms with E-state index < -0.39 is 5.56 Å². The molecule has 6 nitrogen and oxygen atoms in total. The monoisotopic (exact) mass is 337 g/mol. The number of nitrogens with zero attached hydrogens (tertiary/aromatic N) is 2. The van der Waals surface area contributed by atoms with Gasteiger partial charge in [0.15, 0.2) is 16.7 Å². The van der Waals surface area contributed by atoms with E-state index in [-0.39, 0.29) is 27.8 Å². The summed E-state index contributed by atoms with van der Waals surface area (Å²) in [5, 5.41) is 19.5. The first-order valence-corrected chi connectivity index (χ1v) is 7.86. The standard InChI is InChI=1S/C14H12ClN3O3S/c1-3-21-10-5-7(4-9(15)12(10)19)11-8(6-16)13(20)18-14(17-11)22-2/h4-5,19H,3H2,1-2H3,(H,17,18,20). The first-order chi connectivity index (χ1) is 10.5. The maximum absolute atomic E-state index is 11.9. The highest BCUT2D eigenvalue weighted by molar-refractivity contribution is 7.98. The lowest BCUT2D eigenvalue weighted by atomic mass is 10.1. The quantitative estimate of drug-likeness (QED) is 0.657. The maximum Gasteiger partial charge on any atom is 0.270 e. The fourth-order valence-electron chi connectivity index (χ4n) is 1.84. The second kappa shape index (κ2) is 6.73. The summed E-state index contributed by atoms with van der Waals surface area (Å²) in [5.41, 5.74) is -0.0383. The van der Waals surface area contributed by atoms with Crippen molar-refractivity contribution in [1.29, 1.82) is 5.26 Å². The number of aromatic amines is 1. The van der Waals surface area contributed by atoms with Crippen LogP contribution in [0.15, 0.2) is 22.1 Å². The molecule has 0 atom stereocenters. The van der Waals surface area contributed by atoms with Crippen LogP contribution in [-0.2, 0) is 0 Å². The van der Waals surface area contributed by atoms with Crippen molar-refractivity contribution < 1.29 is 9.84 Å². The lowest BCUT2D eigenvalue weighted by Crippen LogP contribution is -2.14. The molecule has 114 valence electrons. The summed E-state index contributed by atoms with van der Waals surface area (Å²) >= 11 is 7.22. The number of aromatic nitrogens is 2. The van der Waals surface area contributed by atoms with E-state index in [9.17, 15) is 15.2 Å². The van der Waals surface area contributed by atoms with Gasteiger partial charge < -0.3 is 14.8 Å². The summed E-state index contributed by atoms with van der Waals surface area (Å²) in [6, 6.07) is 4.77. The lowest BCUT2D eigenvalue weighted by molar-refractivity contribution is 0.318. The average Bonchev–Trinajstić information content (AvgIpc) is 2.50. The Morgan fingerprint density at radius 2 is 2.27 bits per heavy atom. The molecule has 1 aromatic heterocycles. The van der Waals surface area contributed by atoms with Crippen LogP contribution in [0.25, 0.3) is 11.3 Å². The number of hydrogen-bond donors (Lipinski definition) is 2. The van der Waals surface area contributed by atoms with Crippen molar-refractivity contribution in [3.63, 3.8) is 0 Å². The molecule has 0 aliphatic carbocycles. The molecule has 0 fully saturated rings. The zero-order valence-corrected chi connectivity index (χ0v) is 13.4. The number of hydrogen-bond acceptors (Lipinski definition) is 6. The molecule has 2 aromatic rings. The van der Waals surface area contributed by atoms with Crippen molar-refractivity contribution in [3.05, 3.63) is 33.1 Å². The molecule has 0 aliphatic heterocycles. The normalized spacial score (nSPS) is 10.3. The van der Waals surface area contributed by atoms with Crippen molar-refractivity contribution in [2.75, 3.05) is 12.9 Å². The third-order valence-corrected chi connectivity index (χ3v) is 3.67. The number of halogens is 1. The van der Waals surface area contributed by atoms with Crippen LogP contribution >= 0.6 is 23.4 Å². The van der Waals surface area contributed by atoms with Crippen molar-refractivity contribution in [1.82, 2.24) is 9.97 Å². The summed E-state index contributed by atoms with van der Waals surface area (Å²) in [4.78, 5) is 18.7. The van der Waals surface area contributed by atoms with Gasteiger partial charge in [0.1, 0.15) is 11.6 Å². The first-order valence-electron chi connectivity index (χ1n) is 6.25. The minimum Gasteiger partial charge on any atom is -0.503 e. The van der Waals surface area contributed by atoms with Crippen LogP contribution in [-0.4, -0.2) is 27.9 Å². The van der Waals surface area contributed by atoms with Gasteiger partial charge in [0.05, 0.1) is 17.3 Å². The molecule has 0 amide bonds. The number of ether oxygens (including phenoxy) is 1. The summed E-state index contributed by atoms with van der Waals surface area (Å²) < 4.78 is 5.30. The molecule has 2 rings (SSSR count). The zero-order chi connectivity index (χ0) is 16.3. The third-order valence-electron chi connectivity index (χ3n) is 2.80. The number of nitrogens with one attached hydrogen (secondary N) is 1. The van der Waals surface area contributed by atoms with Gasteiger partial charge in [-0.2, -0.15) is 5.26 Å². The van der Waals surface area contributed by atoms with Crippen molar-refractivity contribution in [3.8, 4) is 28.8 Å². The molecule has 2 N–H and O–H groups in total. The topological polar surface area (TPSA) is 99.0 Å². The van der Waals surface area contributed by atoms with Crippen LogP contribution in [0.4, 0.5) is 0 Å². The molecule has 0 aliphatic rings. The second-order valence-corrected chi connectivity index (χ2v) is 5.35. The molecule has 1 heterocycles. The van der Waals surface area contributed by atoms with E-state index >= 15 is 0 Å². The summed E-state index contributed by atoms with van der Waals surface area (Å²) in [5.74, 6) is -0.0256. The Hall–Kier alpha value is -2.17. The SMILES string of the molecule is CCOc1cc(-c2nc(SC)[nH]c(=O)c2C#N)cc(Cl)c1O. The van der Waals surface area contributed by atoms with Gasteiger partial charge in [0, 0.05) is 5.56 Å². The summed E-state index contributed by atoms with van der Waals surface area (Å²) in [6.07, 6.45) is 1.75. The van der Waals surface area contributed by atoms with Crippen LogP contribution in [0.5, 0.6) is 11.5 Å². The highest BCUT2D eigenvalue weighted by Gasteiger charge is 2.17. The van der Waals surface area contributed by atoms with Crippen LogP contribution in [0.1, 0.15) is 12.5 Å². The Kier molecular flexibility index (Phi) is 4.96. The van der Waals surface area contributed by atoms with Gasteiger partial charge >= 0.3 is 0 Å². The molecule has 8 heteroatoms. The number of aromatic hydroxyl groups is 1. The van der Waals surface area contributed by atoms with E-state index in [1.54, 1.807) is 13.2 Å². The van der Waals surface area contributed by atoms with Gasteiger partial charge in [-0.05, 0) is 25.3 Å². The molecular weight excluding hydrogens is 326 g/mol. The number of rotatable bonds is 4. The highest BCUT2D eigenvalue weighted by Crippen LogP contribution is 2.38. The second-order valence-electron chi connectivity index (χ2n) is 4.15. The predicted octanol–water partition coefficient (Wildman–Crippen LogP) is 2.79. The number of nitriles is 1. The van der Waals surface area contributed by atoms with Gasteiger partial charge in [-0.3, -0.25) is 4.79 Å². The van der Waals surface area contributed by atoms with Crippen molar-refractivity contribution in [2.24, 2.45) is 0 Å². The first kappa shape index (κ1) is 16.2. The molecule has 0 radical (unpaired) electrons. The third kappa shape index (κ3) is 3.03. The average molecular weight is 338 g/mol. The van der Waals surface area contributed by atoms with E-state index in [4.69, 9.17) is 16.3 Å². The van der Waals surface area contributed by atoms with Crippen molar-refractivity contribution in [2.45, 2.75) is 12.1 Å². The number of H-pyrrole nitrogens is 1. The van der Waals surface area contributed by atoms with E-state index in [0.29, 0.717) is 17.3 Å². The maximum atomic E-state index is 11.9. The van der Waals surface area contributed by atoms with Crippen LogP contribution < -0.4 is 10.3 Å². The fourth-order valence-corrected chi connectivity index (χ4v) is 2.43.